The number of carbonyl (C=O) groups is 1. The first kappa shape index (κ1) is 24.8. The summed E-state index contributed by atoms with van der Waals surface area (Å²) in [6, 6.07) is 13.6. The molecule has 8 heteroatoms. The van der Waals surface area contributed by atoms with Gasteiger partial charge in [-0.15, -0.1) is 24.0 Å². The van der Waals surface area contributed by atoms with E-state index in [4.69, 9.17) is 23.2 Å². The van der Waals surface area contributed by atoms with Crippen LogP contribution in [0.1, 0.15) is 42.5 Å². The first-order chi connectivity index (χ1) is 14.0. The Bertz CT molecular complexity index is 881. The molecular formula is C22H27Cl2IN4O. The maximum absolute atomic E-state index is 12.5. The van der Waals surface area contributed by atoms with E-state index < -0.39 is 0 Å². The standard InChI is InChI=1S/C22H26Cl2N4O.HI/c1-15(19-10-9-18(23)12-20(19)24)27-22(25-2)26-11-5-8-21(29)28-13-16-6-3-4-7-17(16)14-28;/h3-4,6-7,9-10,12,15H,5,8,11,13-14H2,1-2H3,(H2,25,26,27);1H. The maximum atomic E-state index is 12.5. The Morgan fingerprint density at radius 3 is 2.43 bits per heavy atom. The Labute approximate surface area is 205 Å². The molecule has 3 rings (SSSR count). The van der Waals surface area contributed by atoms with Crippen molar-refractivity contribution in [1.29, 1.82) is 0 Å². The van der Waals surface area contributed by atoms with E-state index in [-0.39, 0.29) is 35.9 Å². The van der Waals surface area contributed by atoms with E-state index >= 15 is 0 Å². The van der Waals surface area contributed by atoms with Gasteiger partial charge in [0.1, 0.15) is 0 Å². The maximum Gasteiger partial charge on any atom is 0.223 e. The first-order valence-electron chi connectivity index (χ1n) is 9.74. The smallest absolute Gasteiger partial charge is 0.223 e. The topological polar surface area (TPSA) is 56.7 Å². The van der Waals surface area contributed by atoms with Gasteiger partial charge in [0.2, 0.25) is 5.91 Å². The van der Waals surface area contributed by atoms with Crippen molar-refractivity contribution in [3.05, 3.63) is 69.2 Å². The van der Waals surface area contributed by atoms with Crippen LogP contribution in [0.5, 0.6) is 0 Å². The van der Waals surface area contributed by atoms with Crippen molar-refractivity contribution in [2.75, 3.05) is 13.6 Å². The third kappa shape index (κ3) is 6.49. The molecule has 2 N–H and O–H groups in total. The minimum atomic E-state index is -0.0318. The second kappa shape index (κ2) is 11.8. The molecule has 1 aliphatic rings. The number of hydrogen-bond donors (Lipinski definition) is 2. The molecule has 0 spiro atoms. The number of hydrogen-bond acceptors (Lipinski definition) is 2. The van der Waals surface area contributed by atoms with Gasteiger partial charge in [0, 0.05) is 43.1 Å². The van der Waals surface area contributed by atoms with Crippen LogP contribution in [0.25, 0.3) is 0 Å². The highest BCUT2D eigenvalue weighted by Crippen LogP contribution is 2.26. The van der Waals surface area contributed by atoms with Gasteiger partial charge in [-0.3, -0.25) is 9.79 Å². The molecule has 0 radical (unpaired) electrons. The first-order valence-corrected chi connectivity index (χ1v) is 10.5. The highest BCUT2D eigenvalue weighted by molar-refractivity contribution is 14.0. The van der Waals surface area contributed by atoms with Gasteiger partial charge in [-0.25, -0.2) is 0 Å². The van der Waals surface area contributed by atoms with Crippen LogP contribution < -0.4 is 10.6 Å². The van der Waals surface area contributed by atoms with Gasteiger partial charge >= 0.3 is 0 Å². The van der Waals surface area contributed by atoms with Crippen molar-refractivity contribution >= 4 is 59.0 Å². The van der Waals surface area contributed by atoms with Gasteiger partial charge in [-0.2, -0.15) is 0 Å². The Morgan fingerprint density at radius 1 is 1.17 bits per heavy atom. The summed E-state index contributed by atoms with van der Waals surface area (Å²) >= 11 is 12.2. The molecule has 1 atom stereocenters. The number of rotatable bonds is 6. The van der Waals surface area contributed by atoms with Crippen LogP contribution in [0, 0.1) is 0 Å². The van der Waals surface area contributed by atoms with Gasteiger partial charge in [-0.05, 0) is 42.2 Å². The molecule has 0 saturated heterocycles. The number of carbonyl (C=O) groups excluding carboxylic acids is 1. The van der Waals surface area contributed by atoms with Crippen LogP contribution in [0.15, 0.2) is 47.5 Å². The zero-order valence-electron chi connectivity index (χ0n) is 17.1. The van der Waals surface area contributed by atoms with E-state index in [0.29, 0.717) is 42.1 Å². The average Bonchev–Trinajstić information content (AvgIpc) is 3.14. The molecule has 5 nitrogen and oxygen atoms in total. The molecule has 1 aliphatic heterocycles. The largest absolute Gasteiger partial charge is 0.356 e. The summed E-state index contributed by atoms with van der Waals surface area (Å²) in [4.78, 5) is 18.7. The van der Waals surface area contributed by atoms with Crippen LogP contribution in [0.3, 0.4) is 0 Å². The molecule has 0 aliphatic carbocycles. The van der Waals surface area contributed by atoms with Crippen LogP contribution in [0.4, 0.5) is 0 Å². The average molecular weight is 561 g/mol. The van der Waals surface area contributed by atoms with Gasteiger partial charge < -0.3 is 15.5 Å². The Hall–Kier alpha value is -1.51. The fourth-order valence-corrected chi connectivity index (χ4v) is 4.02. The van der Waals surface area contributed by atoms with Gasteiger partial charge in [0.15, 0.2) is 5.96 Å². The molecular weight excluding hydrogens is 534 g/mol. The zero-order chi connectivity index (χ0) is 20.8. The lowest BCUT2D eigenvalue weighted by atomic mass is 10.1. The third-order valence-electron chi connectivity index (χ3n) is 5.06. The minimum Gasteiger partial charge on any atom is -0.356 e. The van der Waals surface area contributed by atoms with Crippen molar-refractivity contribution in [1.82, 2.24) is 15.5 Å². The molecule has 0 saturated carbocycles. The fraction of sp³-hybridized carbons (Fsp3) is 0.364. The van der Waals surface area contributed by atoms with Crippen LogP contribution in [0.2, 0.25) is 10.0 Å². The summed E-state index contributed by atoms with van der Waals surface area (Å²) in [7, 11) is 1.72. The summed E-state index contributed by atoms with van der Waals surface area (Å²) in [5, 5.41) is 7.80. The second-order valence-corrected chi connectivity index (χ2v) is 8.00. The number of benzene rings is 2. The van der Waals surface area contributed by atoms with Gasteiger partial charge in [0.05, 0.1) is 6.04 Å². The Balaban J connectivity index is 0.00000320. The number of halogens is 3. The van der Waals surface area contributed by atoms with E-state index in [9.17, 15) is 4.79 Å². The van der Waals surface area contributed by atoms with E-state index in [2.05, 4.69) is 27.8 Å². The number of fused-ring (bicyclic) bond motifs is 1. The Morgan fingerprint density at radius 2 is 1.83 bits per heavy atom. The highest BCUT2D eigenvalue weighted by Gasteiger charge is 2.22. The SMILES string of the molecule is CN=C(NCCCC(=O)N1Cc2ccccc2C1)NC(C)c1ccc(Cl)cc1Cl.I. The molecule has 2 aromatic carbocycles. The van der Waals surface area contributed by atoms with Crippen molar-refractivity contribution in [3.8, 4) is 0 Å². The number of aliphatic imine (C=N–C) groups is 1. The monoisotopic (exact) mass is 560 g/mol. The Kier molecular flexibility index (Phi) is 9.71. The molecule has 0 fully saturated rings. The van der Waals surface area contributed by atoms with Crippen LogP contribution >= 0.6 is 47.2 Å². The highest BCUT2D eigenvalue weighted by atomic mass is 127. The van der Waals surface area contributed by atoms with Crippen LogP contribution in [-0.2, 0) is 17.9 Å². The molecule has 0 aromatic heterocycles. The van der Waals surface area contributed by atoms with Gasteiger partial charge in [-0.1, -0.05) is 53.5 Å². The second-order valence-electron chi connectivity index (χ2n) is 7.15. The number of amides is 1. The molecule has 162 valence electrons. The molecule has 2 aromatic rings. The summed E-state index contributed by atoms with van der Waals surface area (Å²) < 4.78 is 0. The predicted molar refractivity (Wildman–Crippen MR) is 135 cm³/mol. The summed E-state index contributed by atoms with van der Waals surface area (Å²) in [5.74, 6) is 0.858. The molecule has 0 bridgehead atoms. The summed E-state index contributed by atoms with van der Waals surface area (Å²) in [6.07, 6.45) is 1.25. The fourth-order valence-electron chi connectivity index (χ4n) is 3.44. The zero-order valence-corrected chi connectivity index (χ0v) is 21.0. The van der Waals surface area contributed by atoms with Crippen molar-refractivity contribution < 1.29 is 4.79 Å². The van der Waals surface area contributed by atoms with E-state index in [1.54, 1.807) is 13.1 Å². The molecule has 1 amide bonds. The van der Waals surface area contributed by atoms with E-state index in [1.807, 2.05) is 36.1 Å². The lowest BCUT2D eigenvalue weighted by molar-refractivity contribution is -0.131. The normalized spacial score (nSPS) is 14.0. The quantitative estimate of drug-likeness (QED) is 0.222. The van der Waals surface area contributed by atoms with Crippen LogP contribution in [-0.4, -0.2) is 30.4 Å². The van der Waals surface area contributed by atoms with Gasteiger partial charge in [0.25, 0.3) is 0 Å². The van der Waals surface area contributed by atoms with Crippen molar-refractivity contribution in [2.45, 2.75) is 38.9 Å². The van der Waals surface area contributed by atoms with Crippen molar-refractivity contribution in [2.24, 2.45) is 4.99 Å². The minimum absolute atomic E-state index is 0. The summed E-state index contributed by atoms with van der Waals surface area (Å²) in [5.41, 5.74) is 3.44. The molecule has 30 heavy (non-hydrogen) atoms. The lowest BCUT2D eigenvalue weighted by Gasteiger charge is -2.20. The summed E-state index contributed by atoms with van der Waals surface area (Å²) in [6.45, 7) is 4.10. The number of nitrogens with zero attached hydrogens (tertiary/aromatic N) is 2. The number of nitrogens with one attached hydrogen (secondary N) is 2. The van der Waals surface area contributed by atoms with E-state index in [0.717, 1.165) is 12.0 Å². The number of guanidine groups is 1. The predicted octanol–water partition coefficient (Wildman–Crippen LogP) is 5.16. The van der Waals surface area contributed by atoms with Crippen molar-refractivity contribution in [3.63, 3.8) is 0 Å². The lowest BCUT2D eigenvalue weighted by Crippen LogP contribution is -2.39. The molecule has 1 unspecified atom stereocenters. The molecule has 1 heterocycles. The third-order valence-corrected chi connectivity index (χ3v) is 5.62. The van der Waals surface area contributed by atoms with E-state index in [1.165, 1.54) is 11.1 Å².